The van der Waals surface area contributed by atoms with Crippen molar-refractivity contribution in [2.75, 3.05) is 39.3 Å². The summed E-state index contributed by atoms with van der Waals surface area (Å²) >= 11 is 0. The largest absolute Gasteiger partial charge is 0.492 e. The average Bonchev–Trinajstić information content (AvgIpc) is 3.15. The SMILES string of the molecule is CCNC(=NCC1CC(=O)N(CCc2ccccc2)C1)NCCOc1ccc(C)cc1.I. The van der Waals surface area contributed by atoms with Crippen LogP contribution in [0.1, 0.15) is 24.5 Å². The van der Waals surface area contributed by atoms with Crippen LogP contribution < -0.4 is 15.4 Å². The van der Waals surface area contributed by atoms with Crippen molar-refractivity contribution in [1.29, 1.82) is 0 Å². The summed E-state index contributed by atoms with van der Waals surface area (Å²) in [4.78, 5) is 19.0. The number of aliphatic imine (C=N–C) groups is 1. The van der Waals surface area contributed by atoms with Crippen LogP contribution in [0, 0.1) is 12.8 Å². The first kappa shape index (κ1) is 26.0. The third kappa shape index (κ3) is 8.68. The van der Waals surface area contributed by atoms with Crippen LogP contribution in [0.2, 0.25) is 0 Å². The second-order valence-corrected chi connectivity index (χ2v) is 7.95. The van der Waals surface area contributed by atoms with Gasteiger partial charge in [-0.3, -0.25) is 9.79 Å². The minimum absolute atomic E-state index is 0. The van der Waals surface area contributed by atoms with E-state index in [0.29, 0.717) is 26.1 Å². The second-order valence-electron chi connectivity index (χ2n) is 7.95. The molecule has 32 heavy (non-hydrogen) atoms. The van der Waals surface area contributed by atoms with Crippen molar-refractivity contribution in [2.24, 2.45) is 10.9 Å². The molecule has 1 atom stereocenters. The highest BCUT2D eigenvalue weighted by Crippen LogP contribution is 2.18. The molecule has 0 bridgehead atoms. The number of likely N-dealkylation sites (tertiary alicyclic amines) is 1. The molecule has 0 saturated carbocycles. The summed E-state index contributed by atoms with van der Waals surface area (Å²) in [5.74, 6) is 2.14. The molecule has 1 unspecified atom stereocenters. The highest BCUT2D eigenvalue weighted by molar-refractivity contribution is 14.0. The summed E-state index contributed by atoms with van der Waals surface area (Å²) in [6.45, 7) is 8.31. The van der Waals surface area contributed by atoms with Gasteiger partial charge in [-0.2, -0.15) is 0 Å². The van der Waals surface area contributed by atoms with E-state index in [1.807, 2.05) is 54.3 Å². The molecule has 2 N–H and O–H groups in total. The van der Waals surface area contributed by atoms with Gasteiger partial charge in [-0.05, 0) is 38.0 Å². The fourth-order valence-corrected chi connectivity index (χ4v) is 3.64. The Balaban J connectivity index is 0.00000363. The summed E-state index contributed by atoms with van der Waals surface area (Å²) in [6, 6.07) is 18.4. The number of nitrogens with zero attached hydrogens (tertiary/aromatic N) is 2. The number of halogens is 1. The lowest BCUT2D eigenvalue weighted by Crippen LogP contribution is -2.39. The normalized spacial score (nSPS) is 15.9. The monoisotopic (exact) mass is 550 g/mol. The van der Waals surface area contributed by atoms with E-state index in [1.165, 1.54) is 11.1 Å². The number of aryl methyl sites for hydroxylation is 1. The van der Waals surface area contributed by atoms with Gasteiger partial charge >= 0.3 is 0 Å². The highest BCUT2D eigenvalue weighted by Gasteiger charge is 2.28. The van der Waals surface area contributed by atoms with Gasteiger partial charge in [-0.25, -0.2) is 0 Å². The third-order valence-corrected chi connectivity index (χ3v) is 5.34. The number of carbonyl (C=O) groups is 1. The Morgan fingerprint density at radius 3 is 2.59 bits per heavy atom. The van der Waals surface area contributed by atoms with E-state index in [4.69, 9.17) is 9.73 Å². The first-order valence-corrected chi connectivity index (χ1v) is 11.2. The van der Waals surface area contributed by atoms with Crippen molar-refractivity contribution in [2.45, 2.75) is 26.7 Å². The predicted octanol–water partition coefficient (Wildman–Crippen LogP) is 3.64. The van der Waals surface area contributed by atoms with E-state index in [2.05, 4.69) is 29.7 Å². The number of ether oxygens (including phenoxy) is 1. The van der Waals surface area contributed by atoms with Crippen molar-refractivity contribution in [3.63, 3.8) is 0 Å². The lowest BCUT2D eigenvalue weighted by molar-refractivity contribution is -0.127. The average molecular weight is 550 g/mol. The molecule has 1 heterocycles. The van der Waals surface area contributed by atoms with Gasteiger partial charge in [0.25, 0.3) is 0 Å². The van der Waals surface area contributed by atoms with E-state index < -0.39 is 0 Å². The fourth-order valence-electron chi connectivity index (χ4n) is 3.64. The van der Waals surface area contributed by atoms with Crippen molar-refractivity contribution in [3.05, 3.63) is 65.7 Å². The number of hydrogen-bond acceptors (Lipinski definition) is 3. The van der Waals surface area contributed by atoms with Gasteiger partial charge in [-0.1, -0.05) is 48.0 Å². The number of guanidine groups is 1. The van der Waals surface area contributed by atoms with E-state index in [9.17, 15) is 4.79 Å². The molecule has 3 rings (SSSR count). The molecule has 1 amide bonds. The zero-order valence-electron chi connectivity index (χ0n) is 19.0. The standard InChI is InChI=1S/C25H34N4O2.HI/c1-3-26-25(27-14-16-31-23-11-9-20(2)10-12-23)28-18-22-17-24(30)29(19-22)15-13-21-7-5-4-6-8-21;/h4-12,22H,3,13-19H2,1-2H3,(H2,26,27,28);1H. The molecule has 2 aromatic rings. The van der Waals surface area contributed by atoms with Crippen LogP contribution >= 0.6 is 24.0 Å². The summed E-state index contributed by atoms with van der Waals surface area (Å²) < 4.78 is 5.76. The fraction of sp³-hybridized carbons (Fsp3) is 0.440. The summed E-state index contributed by atoms with van der Waals surface area (Å²) in [5, 5.41) is 6.58. The molecule has 6 nitrogen and oxygen atoms in total. The van der Waals surface area contributed by atoms with Gasteiger partial charge in [0.1, 0.15) is 12.4 Å². The van der Waals surface area contributed by atoms with Crippen LogP contribution in [0.3, 0.4) is 0 Å². The molecule has 174 valence electrons. The minimum atomic E-state index is 0. The molecule has 7 heteroatoms. The number of nitrogens with one attached hydrogen (secondary N) is 2. The van der Waals surface area contributed by atoms with Crippen LogP contribution in [0.4, 0.5) is 0 Å². The van der Waals surface area contributed by atoms with E-state index in [1.54, 1.807) is 0 Å². The summed E-state index contributed by atoms with van der Waals surface area (Å²) in [7, 11) is 0. The Morgan fingerprint density at radius 2 is 1.88 bits per heavy atom. The van der Waals surface area contributed by atoms with E-state index in [0.717, 1.165) is 37.8 Å². The highest BCUT2D eigenvalue weighted by atomic mass is 127. The quantitative estimate of drug-likeness (QED) is 0.205. The molecule has 1 saturated heterocycles. The van der Waals surface area contributed by atoms with Gasteiger partial charge < -0.3 is 20.3 Å². The Kier molecular flexibility index (Phi) is 11.3. The number of rotatable bonds is 10. The number of amides is 1. The topological polar surface area (TPSA) is 66.0 Å². The Morgan fingerprint density at radius 1 is 1.12 bits per heavy atom. The second kappa shape index (κ2) is 14.0. The van der Waals surface area contributed by atoms with Crippen molar-refractivity contribution in [3.8, 4) is 5.75 Å². The zero-order valence-corrected chi connectivity index (χ0v) is 21.4. The van der Waals surface area contributed by atoms with Gasteiger partial charge in [0, 0.05) is 38.5 Å². The lowest BCUT2D eigenvalue weighted by Gasteiger charge is -2.16. The van der Waals surface area contributed by atoms with E-state index >= 15 is 0 Å². The molecule has 0 radical (unpaired) electrons. The number of carbonyl (C=O) groups excluding carboxylic acids is 1. The van der Waals surface area contributed by atoms with Gasteiger partial charge in [-0.15, -0.1) is 24.0 Å². The van der Waals surface area contributed by atoms with E-state index in [-0.39, 0.29) is 35.8 Å². The van der Waals surface area contributed by atoms with Crippen molar-refractivity contribution in [1.82, 2.24) is 15.5 Å². The zero-order chi connectivity index (χ0) is 21.9. The number of benzene rings is 2. The van der Waals surface area contributed by atoms with Crippen molar-refractivity contribution >= 4 is 35.8 Å². The van der Waals surface area contributed by atoms with Crippen LogP contribution in [-0.2, 0) is 11.2 Å². The number of hydrogen-bond donors (Lipinski definition) is 2. The Bertz CT molecular complexity index is 843. The molecule has 1 fully saturated rings. The molecular weight excluding hydrogens is 515 g/mol. The molecule has 1 aliphatic heterocycles. The smallest absolute Gasteiger partial charge is 0.223 e. The molecule has 2 aromatic carbocycles. The van der Waals surface area contributed by atoms with Gasteiger partial charge in [0.05, 0.1) is 6.54 Å². The third-order valence-electron chi connectivity index (χ3n) is 5.34. The summed E-state index contributed by atoms with van der Waals surface area (Å²) in [5.41, 5.74) is 2.49. The van der Waals surface area contributed by atoms with Crippen LogP contribution in [0.5, 0.6) is 5.75 Å². The maximum atomic E-state index is 12.4. The van der Waals surface area contributed by atoms with Gasteiger partial charge in [0.15, 0.2) is 5.96 Å². The Labute approximate surface area is 208 Å². The lowest BCUT2D eigenvalue weighted by atomic mass is 10.1. The van der Waals surface area contributed by atoms with Crippen molar-refractivity contribution < 1.29 is 9.53 Å². The minimum Gasteiger partial charge on any atom is -0.492 e. The first-order chi connectivity index (χ1) is 15.1. The summed E-state index contributed by atoms with van der Waals surface area (Å²) in [6.07, 6.45) is 1.47. The van der Waals surface area contributed by atoms with Gasteiger partial charge in [0.2, 0.25) is 5.91 Å². The molecular formula is C25H35IN4O2. The maximum Gasteiger partial charge on any atom is 0.223 e. The molecule has 0 aromatic heterocycles. The van der Waals surface area contributed by atoms with Crippen LogP contribution in [0.25, 0.3) is 0 Å². The van der Waals surface area contributed by atoms with Crippen LogP contribution in [-0.4, -0.2) is 56.1 Å². The first-order valence-electron chi connectivity index (χ1n) is 11.2. The molecule has 0 aliphatic carbocycles. The maximum absolute atomic E-state index is 12.4. The molecule has 0 spiro atoms. The molecule has 1 aliphatic rings. The predicted molar refractivity (Wildman–Crippen MR) is 141 cm³/mol. The van der Waals surface area contributed by atoms with Crippen LogP contribution in [0.15, 0.2) is 59.6 Å². The Hall–Kier alpha value is -2.29.